The molecule has 1 aliphatic carbocycles. The second-order valence-corrected chi connectivity index (χ2v) is 12.1. The molecule has 50 heavy (non-hydrogen) atoms. The van der Waals surface area contributed by atoms with Crippen molar-refractivity contribution < 1.29 is 50.4 Å². The molecule has 0 unspecified atom stereocenters. The third kappa shape index (κ3) is 8.81. The van der Waals surface area contributed by atoms with E-state index in [4.69, 9.17) is 9.26 Å². The first-order chi connectivity index (χ1) is 23.7. The molecule has 0 bridgehead atoms. The van der Waals surface area contributed by atoms with Crippen molar-refractivity contribution in [3.63, 3.8) is 0 Å². The molecule has 3 heterocycles. The number of hydrogen-bond acceptors (Lipinski definition) is 8. The average Bonchev–Trinajstić information content (AvgIpc) is 3.66. The van der Waals surface area contributed by atoms with Gasteiger partial charge in [-0.05, 0) is 62.8 Å². The number of esters is 1. The maximum Gasteiger partial charge on any atom is 0.417 e. The van der Waals surface area contributed by atoms with Crippen molar-refractivity contribution in [3.05, 3.63) is 93.3 Å². The van der Waals surface area contributed by atoms with Gasteiger partial charge in [-0.2, -0.15) is 13.2 Å². The molecule has 3 N–H and O–H groups in total. The maximum atomic E-state index is 14.2. The lowest BCUT2D eigenvalue weighted by Crippen LogP contribution is -2.44. The number of aromatic nitrogens is 2. The highest BCUT2D eigenvalue weighted by Crippen LogP contribution is 2.31. The molecule has 12 nitrogen and oxygen atoms in total. The third-order valence-electron chi connectivity index (χ3n) is 8.36. The average molecular weight is 706 g/mol. The van der Waals surface area contributed by atoms with Crippen LogP contribution in [-0.4, -0.2) is 52.1 Å². The normalized spacial score (nSPS) is 17.6. The topological polar surface area (TPSA) is 162 Å². The number of rotatable bonds is 12. The molecule has 5 rings (SSSR count). The zero-order chi connectivity index (χ0) is 36.2. The van der Waals surface area contributed by atoms with Crippen LogP contribution in [0.1, 0.15) is 65.5 Å². The molecule has 0 radical (unpaired) electrons. The van der Waals surface area contributed by atoms with Crippen molar-refractivity contribution in [2.75, 3.05) is 11.9 Å². The summed E-state index contributed by atoms with van der Waals surface area (Å²) < 4.78 is 81.0. The Labute approximate surface area is 281 Å². The summed E-state index contributed by atoms with van der Waals surface area (Å²) in [5.41, 5.74) is -3.96. The van der Waals surface area contributed by atoms with E-state index in [1.807, 2.05) is 0 Å². The fourth-order valence-electron chi connectivity index (χ4n) is 5.47. The molecule has 266 valence electrons. The highest BCUT2D eigenvalue weighted by atomic mass is 19.4. The number of benzene rings is 1. The van der Waals surface area contributed by atoms with Gasteiger partial charge in [-0.1, -0.05) is 17.3 Å². The standard InChI is InChI=1S/C33H32F5N5O7/c1-17-11-25(42-50-17)30(46)41-26-15-20(33(36,37)38)16-43(32(26)48)27(13-18-5-7-23(34)24(35)12-18)31(47)40-21(14-19-9-10-39-29(19)45)6-8-28(44)49-22-3-2-4-22/h5-8,11-12,15-16,19,21-22,27H,2-4,9-10,13-14H2,1H3,(H,39,45)(H,40,47)(H,41,46)/b8-6+/t19-,21+,27-/m0/s1. The Morgan fingerprint density at radius 2 is 1.88 bits per heavy atom. The molecule has 2 aromatic heterocycles. The number of ether oxygens (including phenoxy) is 1. The van der Waals surface area contributed by atoms with Crippen LogP contribution in [0.3, 0.4) is 0 Å². The first kappa shape index (κ1) is 35.9. The monoisotopic (exact) mass is 705 g/mol. The number of carbonyl (C=O) groups excluding carboxylic acids is 4. The summed E-state index contributed by atoms with van der Waals surface area (Å²) in [6.07, 6.45) is -0.588. The van der Waals surface area contributed by atoms with Gasteiger partial charge in [0, 0.05) is 43.3 Å². The number of amides is 3. The van der Waals surface area contributed by atoms with E-state index in [1.54, 1.807) is 0 Å². The Bertz CT molecular complexity index is 1870. The van der Waals surface area contributed by atoms with Crippen molar-refractivity contribution in [1.29, 1.82) is 0 Å². The summed E-state index contributed by atoms with van der Waals surface area (Å²) in [6, 6.07) is 1.21. The SMILES string of the molecule is Cc1cc(C(=O)Nc2cc(C(F)(F)F)cn([C@@H](Cc3ccc(F)c(F)c3)C(=O)N[C@H](/C=C/C(=O)OC3CCC3)C[C@@H]3CCNC3=O)c2=O)no1. The number of nitrogens with one attached hydrogen (secondary N) is 3. The Balaban J connectivity index is 1.53. The van der Waals surface area contributed by atoms with Crippen molar-refractivity contribution >= 4 is 29.4 Å². The number of pyridine rings is 1. The molecule has 3 atom stereocenters. The molecule has 2 aliphatic rings. The summed E-state index contributed by atoms with van der Waals surface area (Å²) in [6.45, 7) is 1.82. The van der Waals surface area contributed by atoms with E-state index in [0.29, 0.717) is 42.6 Å². The molecular weight excluding hydrogens is 673 g/mol. The van der Waals surface area contributed by atoms with Crippen molar-refractivity contribution in [3.8, 4) is 0 Å². The largest absolute Gasteiger partial charge is 0.459 e. The fourth-order valence-corrected chi connectivity index (χ4v) is 5.47. The van der Waals surface area contributed by atoms with E-state index in [-0.39, 0.29) is 35.4 Å². The summed E-state index contributed by atoms with van der Waals surface area (Å²) >= 11 is 0. The molecule has 2 fully saturated rings. The van der Waals surface area contributed by atoms with Gasteiger partial charge >= 0.3 is 12.1 Å². The van der Waals surface area contributed by atoms with Crippen molar-refractivity contribution in [2.45, 2.75) is 69.8 Å². The molecule has 1 saturated heterocycles. The summed E-state index contributed by atoms with van der Waals surface area (Å²) in [7, 11) is 0. The molecule has 1 saturated carbocycles. The summed E-state index contributed by atoms with van der Waals surface area (Å²) in [4.78, 5) is 65.4. The van der Waals surface area contributed by atoms with Gasteiger partial charge in [0.2, 0.25) is 11.8 Å². The Hall–Kier alpha value is -5.35. The van der Waals surface area contributed by atoms with E-state index in [1.165, 1.54) is 19.1 Å². The van der Waals surface area contributed by atoms with Crippen molar-refractivity contribution in [1.82, 2.24) is 20.4 Å². The van der Waals surface area contributed by atoms with Crippen LogP contribution in [0.4, 0.5) is 27.6 Å². The number of hydrogen-bond donors (Lipinski definition) is 3. The Morgan fingerprint density at radius 1 is 1.12 bits per heavy atom. The second-order valence-electron chi connectivity index (χ2n) is 12.1. The van der Waals surface area contributed by atoms with E-state index in [2.05, 4.69) is 21.1 Å². The predicted octanol–water partition coefficient (Wildman–Crippen LogP) is 4.14. The first-order valence-electron chi connectivity index (χ1n) is 15.7. The molecular formula is C33H32F5N5O7. The Kier molecular flexibility index (Phi) is 10.8. The smallest absolute Gasteiger partial charge is 0.417 e. The highest BCUT2D eigenvalue weighted by molar-refractivity contribution is 6.02. The molecule has 0 spiro atoms. The van der Waals surface area contributed by atoms with Crippen LogP contribution in [-0.2, 0) is 31.7 Å². The third-order valence-corrected chi connectivity index (χ3v) is 8.36. The predicted molar refractivity (Wildman–Crippen MR) is 165 cm³/mol. The molecule has 1 aliphatic heterocycles. The van der Waals surface area contributed by atoms with Gasteiger partial charge in [0.25, 0.3) is 11.5 Å². The lowest BCUT2D eigenvalue weighted by atomic mass is 9.96. The van der Waals surface area contributed by atoms with Gasteiger partial charge in [-0.15, -0.1) is 0 Å². The van der Waals surface area contributed by atoms with Crippen LogP contribution in [0.2, 0.25) is 0 Å². The second kappa shape index (κ2) is 15.0. The minimum Gasteiger partial charge on any atom is -0.459 e. The number of anilines is 1. The van der Waals surface area contributed by atoms with Crippen molar-refractivity contribution in [2.24, 2.45) is 5.92 Å². The van der Waals surface area contributed by atoms with Gasteiger partial charge in [0.05, 0.1) is 5.56 Å². The van der Waals surface area contributed by atoms with Gasteiger partial charge in [-0.3, -0.25) is 19.2 Å². The molecule has 1 aromatic carbocycles. The Morgan fingerprint density at radius 3 is 2.48 bits per heavy atom. The minimum absolute atomic E-state index is 0.0292. The van der Waals surface area contributed by atoms with Crippen LogP contribution in [0, 0.1) is 24.5 Å². The van der Waals surface area contributed by atoms with Gasteiger partial charge < -0.3 is 29.8 Å². The summed E-state index contributed by atoms with van der Waals surface area (Å²) in [5.74, 6) is -6.11. The minimum atomic E-state index is -5.08. The number of nitrogens with zero attached hydrogens (tertiary/aromatic N) is 2. The van der Waals surface area contributed by atoms with Gasteiger partial charge in [-0.25, -0.2) is 13.6 Å². The van der Waals surface area contributed by atoms with Crippen LogP contribution in [0.15, 0.2) is 58.0 Å². The number of halogens is 5. The number of carbonyl (C=O) groups is 4. The molecule has 3 aromatic rings. The zero-order valence-electron chi connectivity index (χ0n) is 26.5. The lowest BCUT2D eigenvalue weighted by Gasteiger charge is -2.26. The molecule has 3 amide bonds. The van der Waals surface area contributed by atoms with Crippen LogP contribution >= 0.6 is 0 Å². The fraction of sp³-hybridized carbons (Fsp3) is 0.394. The zero-order valence-corrected chi connectivity index (χ0v) is 26.5. The lowest BCUT2D eigenvalue weighted by molar-refractivity contribution is -0.146. The van der Waals surface area contributed by atoms with E-state index < -0.39 is 76.8 Å². The van der Waals surface area contributed by atoms with Crippen LogP contribution in [0.25, 0.3) is 0 Å². The maximum absolute atomic E-state index is 14.2. The van der Waals surface area contributed by atoms with Crippen LogP contribution in [0.5, 0.6) is 0 Å². The van der Waals surface area contributed by atoms with E-state index in [0.717, 1.165) is 30.7 Å². The molecule has 17 heteroatoms. The van der Waals surface area contributed by atoms with Gasteiger partial charge in [0.1, 0.15) is 23.6 Å². The number of alkyl halides is 3. The highest BCUT2D eigenvalue weighted by Gasteiger charge is 2.36. The summed E-state index contributed by atoms with van der Waals surface area (Å²) in [5, 5.41) is 10.8. The van der Waals surface area contributed by atoms with Gasteiger partial charge in [0.15, 0.2) is 17.3 Å². The van der Waals surface area contributed by atoms with Crippen LogP contribution < -0.4 is 21.5 Å². The van der Waals surface area contributed by atoms with E-state index >= 15 is 0 Å². The van der Waals surface area contributed by atoms with E-state index in [9.17, 15) is 45.9 Å². The first-order valence-corrected chi connectivity index (χ1v) is 15.7. The quantitative estimate of drug-likeness (QED) is 0.144. The number of aryl methyl sites for hydroxylation is 1.